The lowest BCUT2D eigenvalue weighted by molar-refractivity contribution is 0.102. The largest absolute Gasteiger partial charge is 0.491 e. The van der Waals surface area contributed by atoms with Crippen molar-refractivity contribution in [3.63, 3.8) is 0 Å². The summed E-state index contributed by atoms with van der Waals surface area (Å²) in [6.07, 6.45) is 0.120. The van der Waals surface area contributed by atoms with Crippen molar-refractivity contribution in [1.82, 2.24) is 0 Å². The molecule has 1 aliphatic heterocycles. The number of benzene rings is 2. The molecule has 0 saturated carbocycles. The lowest BCUT2D eigenvalue weighted by Crippen LogP contribution is -2.12. The Balaban J connectivity index is 1.68. The van der Waals surface area contributed by atoms with Crippen LogP contribution in [0.4, 0.5) is 5.69 Å². The average molecular weight is 299 g/mol. The molecule has 0 atom stereocenters. The lowest BCUT2D eigenvalue weighted by Gasteiger charge is -2.10. The van der Waals surface area contributed by atoms with Gasteiger partial charge in [0, 0.05) is 11.3 Å². The SMILES string of the molecule is CC(C)Oc1ccc(NC(=O)c2ccc3c(c2)OCO3)cc1. The third kappa shape index (κ3) is 3.14. The fraction of sp³-hybridized carbons (Fsp3) is 0.235. The van der Waals surface area contributed by atoms with Gasteiger partial charge in [-0.2, -0.15) is 0 Å². The lowest BCUT2D eigenvalue weighted by atomic mass is 10.2. The van der Waals surface area contributed by atoms with E-state index in [0.717, 1.165) is 5.75 Å². The maximum Gasteiger partial charge on any atom is 0.255 e. The highest BCUT2D eigenvalue weighted by Gasteiger charge is 2.16. The van der Waals surface area contributed by atoms with E-state index in [2.05, 4.69) is 5.32 Å². The van der Waals surface area contributed by atoms with Crippen LogP contribution in [0.5, 0.6) is 17.2 Å². The fourth-order valence-electron chi connectivity index (χ4n) is 2.13. The minimum absolute atomic E-state index is 0.120. The van der Waals surface area contributed by atoms with Crippen molar-refractivity contribution >= 4 is 11.6 Å². The van der Waals surface area contributed by atoms with Gasteiger partial charge in [-0.05, 0) is 56.3 Å². The molecular formula is C17H17NO4. The van der Waals surface area contributed by atoms with Gasteiger partial charge in [0.2, 0.25) is 6.79 Å². The van der Waals surface area contributed by atoms with Crippen LogP contribution in [-0.2, 0) is 0 Å². The average Bonchev–Trinajstić information content (AvgIpc) is 2.96. The summed E-state index contributed by atoms with van der Waals surface area (Å²) < 4.78 is 16.1. The maximum absolute atomic E-state index is 12.2. The Bertz CT molecular complexity index is 680. The quantitative estimate of drug-likeness (QED) is 0.939. The van der Waals surface area contributed by atoms with Crippen molar-refractivity contribution in [2.24, 2.45) is 0 Å². The first-order valence-electron chi connectivity index (χ1n) is 7.09. The highest BCUT2D eigenvalue weighted by molar-refractivity contribution is 6.04. The molecule has 1 heterocycles. The van der Waals surface area contributed by atoms with E-state index in [-0.39, 0.29) is 18.8 Å². The Kier molecular flexibility index (Phi) is 3.87. The van der Waals surface area contributed by atoms with E-state index < -0.39 is 0 Å². The minimum Gasteiger partial charge on any atom is -0.491 e. The van der Waals surface area contributed by atoms with Crippen LogP contribution in [0.1, 0.15) is 24.2 Å². The summed E-state index contributed by atoms with van der Waals surface area (Å²) in [5.74, 6) is 1.83. The number of hydrogen-bond acceptors (Lipinski definition) is 4. The molecule has 1 amide bonds. The van der Waals surface area contributed by atoms with Crippen LogP contribution in [-0.4, -0.2) is 18.8 Å². The number of amides is 1. The summed E-state index contributed by atoms with van der Waals surface area (Å²) in [6.45, 7) is 4.13. The number of nitrogens with one attached hydrogen (secondary N) is 1. The molecular weight excluding hydrogens is 282 g/mol. The van der Waals surface area contributed by atoms with Gasteiger partial charge >= 0.3 is 0 Å². The highest BCUT2D eigenvalue weighted by atomic mass is 16.7. The Morgan fingerprint density at radius 3 is 2.55 bits per heavy atom. The van der Waals surface area contributed by atoms with E-state index in [1.807, 2.05) is 38.1 Å². The molecule has 3 rings (SSSR count). The van der Waals surface area contributed by atoms with Crippen molar-refractivity contribution < 1.29 is 19.0 Å². The van der Waals surface area contributed by atoms with Gasteiger partial charge in [-0.15, -0.1) is 0 Å². The zero-order valence-corrected chi connectivity index (χ0v) is 12.5. The number of fused-ring (bicyclic) bond motifs is 1. The molecule has 22 heavy (non-hydrogen) atoms. The molecule has 2 aromatic rings. The van der Waals surface area contributed by atoms with Crippen LogP contribution in [0.2, 0.25) is 0 Å². The van der Waals surface area contributed by atoms with Gasteiger partial charge in [-0.3, -0.25) is 4.79 Å². The van der Waals surface area contributed by atoms with E-state index in [4.69, 9.17) is 14.2 Å². The van der Waals surface area contributed by atoms with E-state index >= 15 is 0 Å². The first-order chi connectivity index (χ1) is 10.6. The Hall–Kier alpha value is -2.69. The van der Waals surface area contributed by atoms with Crippen LogP contribution in [0.25, 0.3) is 0 Å². The third-order valence-corrected chi connectivity index (χ3v) is 3.12. The molecule has 0 aromatic heterocycles. The third-order valence-electron chi connectivity index (χ3n) is 3.12. The minimum atomic E-state index is -0.198. The van der Waals surface area contributed by atoms with Gasteiger partial charge in [0.25, 0.3) is 5.91 Å². The second-order valence-electron chi connectivity index (χ2n) is 5.21. The fourth-order valence-corrected chi connectivity index (χ4v) is 2.13. The van der Waals surface area contributed by atoms with Gasteiger partial charge in [-0.25, -0.2) is 0 Å². The van der Waals surface area contributed by atoms with Crippen LogP contribution in [0.15, 0.2) is 42.5 Å². The summed E-state index contributed by atoms with van der Waals surface area (Å²) in [5.41, 5.74) is 1.23. The molecule has 5 heteroatoms. The number of carbonyl (C=O) groups is 1. The molecule has 0 aliphatic carbocycles. The summed E-state index contributed by atoms with van der Waals surface area (Å²) in [7, 11) is 0. The predicted octanol–water partition coefficient (Wildman–Crippen LogP) is 3.45. The number of hydrogen-bond donors (Lipinski definition) is 1. The van der Waals surface area contributed by atoms with E-state index in [1.54, 1.807) is 18.2 Å². The van der Waals surface area contributed by atoms with E-state index in [9.17, 15) is 4.79 Å². The number of anilines is 1. The van der Waals surface area contributed by atoms with Gasteiger partial charge in [0.05, 0.1) is 6.10 Å². The standard InChI is InChI=1S/C17H17NO4/c1-11(2)22-14-6-4-13(5-7-14)18-17(19)12-3-8-15-16(9-12)21-10-20-15/h3-9,11H,10H2,1-2H3,(H,18,19). The zero-order valence-electron chi connectivity index (χ0n) is 12.5. The molecule has 1 aliphatic rings. The van der Waals surface area contributed by atoms with E-state index in [0.29, 0.717) is 22.7 Å². The number of carbonyl (C=O) groups excluding carboxylic acids is 1. The Labute approximate surface area is 128 Å². The van der Waals surface area contributed by atoms with Crippen molar-refractivity contribution in [2.45, 2.75) is 20.0 Å². The molecule has 0 spiro atoms. The normalized spacial score (nSPS) is 12.3. The Morgan fingerprint density at radius 1 is 1.09 bits per heavy atom. The molecule has 0 radical (unpaired) electrons. The summed E-state index contributed by atoms with van der Waals surface area (Å²) in [4.78, 5) is 12.2. The molecule has 114 valence electrons. The van der Waals surface area contributed by atoms with Crippen molar-refractivity contribution in [3.05, 3.63) is 48.0 Å². The zero-order chi connectivity index (χ0) is 15.5. The molecule has 0 fully saturated rings. The molecule has 0 saturated heterocycles. The van der Waals surface area contributed by atoms with E-state index in [1.165, 1.54) is 0 Å². The smallest absolute Gasteiger partial charge is 0.255 e. The summed E-state index contributed by atoms with van der Waals surface area (Å²) >= 11 is 0. The topological polar surface area (TPSA) is 56.8 Å². The number of rotatable bonds is 4. The van der Waals surface area contributed by atoms with Crippen molar-refractivity contribution in [2.75, 3.05) is 12.1 Å². The first kappa shape index (κ1) is 14.3. The van der Waals surface area contributed by atoms with Gasteiger partial charge in [0.1, 0.15) is 5.75 Å². The summed E-state index contributed by atoms with van der Waals surface area (Å²) in [6, 6.07) is 12.4. The second-order valence-corrected chi connectivity index (χ2v) is 5.21. The van der Waals surface area contributed by atoms with Gasteiger partial charge in [0.15, 0.2) is 11.5 Å². The molecule has 0 unspecified atom stereocenters. The van der Waals surface area contributed by atoms with Crippen LogP contribution in [0.3, 0.4) is 0 Å². The van der Waals surface area contributed by atoms with Crippen LogP contribution >= 0.6 is 0 Å². The first-order valence-corrected chi connectivity index (χ1v) is 7.09. The summed E-state index contributed by atoms with van der Waals surface area (Å²) in [5, 5.41) is 2.84. The number of ether oxygens (including phenoxy) is 3. The van der Waals surface area contributed by atoms with Crippen molar-refractivity contribution in [1.29, 1.82) is 0 Å². The molecule has 2 aromatic carbocycles. The maximum atomic E-state index is 12.2. The molecule has 0 bridgehead atoms. The highest BCUT2D eigenvalue weighted by Crippen LogP contribution is 2.32. The predicted molar refractivity (Wildman–Crippen MR) is 82.7 cm³/mol. The molecule has 1 N–H and O–H groups in total. The monoisotopic (exact) mass is 299 g/mol. The van der Waals surface area contributed by atoms with Gasteiger partial charge < -0.3 is 19.5 Å². The van der Waals surface area contributed by atoms with Crippen LogP contribution in [0, 0.1) is 0 Å². The van der Waals surface area contributed by atoms with Gasteiger partial charge in [-0.1, -0.05) is 0 Å². The van der Waals surface area contributed by atoms with Crippen LogP contribution < -0.4 is 19.5 Å². The van der Waals surface area contributed by atoms with Crippen molar-refractivity contribution in [3.8, 4) is 17.2 Å². The molecule has 5 nitrogen and oxygen atoms in total. The second kappa shape index (κ2) is 5.97. The Morgan fingerprint density at radius 2 is 1.82 bits per heavy atom.